The topological polar surface area (TPSA) is 44.8 Å². The molecule has 1 saturated heterocycles. The summed E-state index contributed by atoms with van der Waals surface area (Å²) in [6, 6.07) is 6.06. The van der Waals surface area contributed by atoms with Crippen molar-refractivity contribution in [3.05, 3.63) is 30.1 Å². The third kappa shape index (κ3) is 4.90. The zero-order valence-corrected chi connectivity index (χ0v) is 12.3. The molecule has 0 spiro atoms. The van der Waals surface area contributed by atoms with Gasteiger partial charge in [-0.05, 0) is 30.7 Å². The Bertz CT molecular complexity index is 445. The molecule has 0 unspecified atom stereocenters. The summed E-state index contributed by atoms with van der Waals surface area (Å²) in [5, 5.41) is 2.65. The minimum Gasteiger partial charge on any atom is -0.494 e. The Morgan fingerprint density at radius 3 is 2.52 bits per heavy atom. The number of amides is 2. The standard InChI is InChI=1S/C15H22FN3O2/c1-17-15(20)19-10-8-18(9-11-19)7-2-12-21-14-5-3-13(16)4-6-14/h3-6H,2,7-12H2,1H3,(H,17,20). The van der Waals surface area contributed by atoms with E-state index in [0.29, 0.717) is 12.4 Å². The van der Waals surface area contributed by atoms with Crippen molar-refractivity contribution < 1.29 is 13.9 Å². The van der Waals surface area contributed by atoms with Crippen molar-refractivity contribution in [3.8, 4) is 5.75 Å². The lowest BCUT2D eigenvalue weighted by Crippen LogP contribution is -2.51. The molecule has 0 aromatic heterocycles. The van der Waals surface area contributed by atoms with Crippen LogP contribution in [0.5, 0.6) is 5.75 Å². The molecule has 1 fully saturated rings. The van der Waals surface area contributed by atoms with E-state index in [-0.39, 0.29) is 11.8 Å². The van der Waals surface area contributed by atoms with Gasteiger partial charge in [0.2, 0.25) is 0 Å². The number of halogens is 1. The number of ether oxygens (including phenoxy) is 1. The molecule has 1 aromatic carbocycles. The summed E-state index contributed by atoms with van der Waals surface area (Å²) in [4.78, 5) is 15.6. The van der Waals surface area contributed by atoms with E-state index in [2.05, 4.69) is 10.2 Å². The molecule has 1 aliphatic heterocycles. The number of urea groups is 1. The minimum atomic E-state index is -0.253. The molecule has 116 valence electrons. The minimum absolute atomic E-state index is 0.00528. The van der Waals surface area contributed by atoms with Gasteiger partial charge in [0.25, 0.3) is 0 Å². The summed E-state index contributed by atoms with van der Waals surface area (Å²) >= 11 is 0. The number of hydrogen-bond donors (Lipinski definition) is 1. The molecule has 0 radical (unpaired) electrons. The maximum atomic E-state index is 12.7. The van der Waals surface area contributed by atoms with E-state index in [1.54, 1.807) is 19.2 Å². The summed E-state index contributed by atoms with van der Waals surface area (Å²) in [6.07, 6.45) is 0.914. The third-order valence-electron chi connectivity index (χ3n) is 3.57. The fourth-order valence-electron chi connectivity index (χ4n) is 2.34. The van der Waals surface area contributed by atoms with Crippen LogP contribution < -0.4 is 10.1 Å². The SMILES string of the molecule is CNC(=O)N1CCN(CCCOc2ccc(F)cc2)CC1. The zero-order chi connectivity index (χ0) is 15.1. The highest BCUT2D eigenvalue weighted by Crippen LogP contribution is 2.11. The molecule has 1 heterocycles. The van der Waals surface area contributed by atoms with Crippen LogP contribution in [0.2, 0.25) is 0 Å². The van der Waals surface area contributed by atoms with E-state index in [9.17, 15) is 9.18 Å². The number of piperazine rings is 1. The summed E-state index contributed by atoms with van der Waals surface area (Å²) < 4.78 is 18.3. The quantitative estimate of drug-likeness (QED) is 0.838. The smallest absolute Gasteiger partial charge is 0.317 e. The van der Waals surface area contributed by atoms with Crippen molar-refractivity contribution in [2.75, 3.05) is 46.4 Å². The molecular weight excluding hydrogens is 273 g/mol. The van der Waals surface area contributed by atoms with Crippen LogP contribution in [0.1, 0.15) is 6.42 Å². The maximum Gasteiger partial charge on any atom is 0.317 e. The van der Waals surface area contributed by atoms with Crippen molar-refractivity contribution in [3.63, 3.8) is 0 Å². The first-order valence-corrected chi connectivity index (χ1v) is 7.26. The van der Waals surface area contributed by atoms with Crippen molar-refractivity contribution in [1.82, 2.24) is 15.1 Å². The number of carbonyl (C=O) groups is 1. The lowest BCUT2D eigenvalue weighted by atomic mass is 10.3. The van der Waals surface area contributed by atoms with Crippen molar-refractivity contribution in [2.45, 2.75) is 6.42 Å². The molecule has 0 aliphatic carbocycles. The van der Waals surface area contributed by atoms with E-state index >= 15 is 0 Å². The summed E-state index contributed by atoms with van der Waals surface area (Å²) in [5.41, 5.74) is 0. The molecular formula is C15H22FN3O2. The summed E-state index contributed by atoms with van der Waals surface area (Å²) in [5.74, 6) is 0.442. The van der Waals surface area contributed by atoms with Crippen LogP contribution in [0.3, 0.4) is 0 Å². The van der Waals surface area contributed by atoms with Gasteiger partial charge in [-0.25, -0.2) is 9.18 Å². The average molecular weight is 295 g/mol. The fraction of sp³-hybridized carbons (Fsp3) is 0.533. The van der Waals surface area contributed by atoms with E-state index in [1.165, 1.54) is 12.1 Å². The number of benzene rings is 1. The number of nitrogens with one attached hydrogen (secondary N) is 1. The van der Waals surface area contributed by atoms with Crippen LogP contribution in [0.15, 0.2) is 24.3 Å². The van der Waals surface area contributed by atoms with Gasteiger partial charge >= 0.3 is 6.03 Å². The second kappa shape index (κ2) is 7.83. The van der Waals surface area contributed by atoms with Gasteiger partial charge in [0.15, 0.2) is 0 Å². The highest BCUT2D eigenvalue weighted by atomic mass is 19.1. The Kier molecular flexibility index (Phi) is 5.80. The Morgan fingerprint density at radius 1 is 1.24 bits per heavy atom. The van der Waals surface area contributed by atoms with E-state index in [1.807, 2.05) is 4.90 Å². The molecule has 1 aromatic rings. The zero-order valence-electron chi connectivity index (χ0n) is 12.3. The largest absolute Gasteiger partial charge is 0.494 e. The molecule has 2 rings (SSSR count). The second-order valence-corrected chi connectivity index (χ2v) is 5.04. The van der Waals surface area contributed by atoms with Gasteiger partial charge in [0.1, 0.15) is 11.6 Å². The van der Waals surface area contributed by atoms with Gasteiger partial charge < -0.3 is 15.0 Å². The van der Waals surface area contributed by atoms with Gasteiger partial charge in [-0.1, -0.05) is 0 Å². The van der Waals surface area contributed by atoms with Crippen molar-refractivity contribution in [2.24, 2.45) is 0 Å². The normalized spacial score (nSPS) is 15.8. The highest BCUT2D eigenvalue weighted by Gasteiger charge is 2.19. The first kappa shape index (κ1) is 15.6. The van der Waals surface area contributed by atoms with Gasteiger partial charge in [-0.3, -0.25) is 4.90 Å². The second-order valence-electron chi connectivity index (χ2n) is 5.04. The monoisotopic (exact) mass is 295 g/mol. The first-order valence-electron chi connectivity index (χ1n) is 7.26. The Labute approximate surface area is 124 Å². The predicted octanol–water partition coefficient (Wildman–Crippen LogP) is 1.55. The molecule has 0 saturated carbocycles. The molecule has 0 atom stereocenters. The molecule has 0 bridgehead atoms. The lowest BCUT2D eigenvalue weighted by molar-refractivity contribution is 0.135. The van der Waals surface area contributed by atoms with E-state index in [0.717, 1.165) is 39.1 Å². The summed E-state index contributed by atoms with van der Waals surface area (Å²) in [7, 11) is 1.65. The first-order chi connectivity index (χ1) is 10.2. The highest BCUT2D eigenvalue weighted by molar-refractivity contribution is 5.73. The molecule has 1 aliphatic rings. The Morgan fingerprint density at radius 2 is 1.90 bits per heavy atom. The van der Waals surface area contributed by atoms with Crippen LogP contribution in [-0.2, 0) is 0 Å². The van der Waals surface area contributed by atoms with E-state index < -0.39 is 0 Å². The summed E-state index contributed by atoms with van der Waals surface area (Å²) in [6.45, 7) is 4.87. The van der Waals surface area contributed by atoms with Crippen LogP contribution in [-0.4, -0.2) is 62.2 Å². The number of hydrogen-bond acceptors (Lipinski definition) is 3. The molecule has 5 nitrogen and oxygen atoms in total. The third-order valence-corrected chi connectivity index (χ3v) is 3.57. The van der Waals surface area contributed by atoms with Crippen LogP contribution >= 0.6 is 0 Å². The average Bonchev–Trinajstić information content (AvgIpc) is 2.53. The number of carbonyl (C=O) groups excluding carboxylic acids is 1. The van der Waals surface area contributed by atoms with Gasteiger partial charge in [-0.2, -0.15) is 0 Å². The van der Waals surface area contributed by atoms with Gasteiger partial charge in [-0.15, -0.1) is 0 Å². The molecule has 1 N–H and O–H groups in total. The van der Waals surface area contributed by atoms with E-state index in [4.69, 9.17) is 4.74 Å². The Hall–Kier alpha value is -1.82. The predicted molar refractivity (Wildman–Crippen MR) is 79.0 cm³/mol. The van der Waals surface area contributed by atoms with Gasteiger partial charge in [0, 0.05) is 39.8 Å². The molecule has 6 heteroatoms. The molecule has 2 amide bonds. The lowest BCUT2D eigenvalue weighted by Gasteiger charge is -2.34. The van der Waals surface area contributed by atoms with Crippen LogP contribution in [0.4, 0.5) is 9.18 Å². The fourth-order valence-corrected chi connectivity index (χ4v) is 2.34. The number of rotatable bonds is 5. The Balaban J connectivity index is 1.60. The van der Waals surface area contributed by atoms with Gasteiger partial charge in [0.05, 0.1) is 6.61 Å². The number of nitrogens with zero attached hydrogens (tertiary/aromatic N) is 2. The van der Waals surface area contributed by atoms with Crippen molar-refractivity contribution >= 4 is 6.03 Å². The van der Waals surface area contributed by atoms with Crippen molar-refractivity contribution in [1.29, 1.82) is 0 Å². The molecule has 21 heavy (non-hydrogen) atoms. The van der Waals surface area contributed by atoms with Crippen LogP contribution in [0.25, 0.3) is 0 Å². The van der Waals surface area contributed by atoms with Crippen LogP contribution in [0, 0.1) is 5.82 Å². The maximum absolute atomic E-state index is 12.7.